The highest BCUT2D eigenvalue weighted by atomic mass is 33.1. The second-order valence-electron chi connectivity index (χ2n) is 3.77. The Morgan fingerprint density at radius 1 is 1.05 bits per heavy atom. The average Bonchev–Trinajstić information content (AvgIpc) is 2.98. The van der Waals surface area contributed by atoms with Gasteiger partial charge in [-0.3, -0.25) is 0 Å². The van der Waals surface area contributed by atoms with E-state index in [-0.39, 0.29) is 11.4 Å². The molecule has 0 saturated carbocycles. The molecule has 0 aliphatic heterocycles. The fourth-order valence-electron chi connectivity index (χ4n) is 1.19. The zero-order chi connectivity index (χ0) is 13.8. The van der Waals surface area contributed by atoms with Gasteiger partial charge in [0.2, 0.25) is 5.89 Å². The third-order valence-electron chi connectivity index (χ3n) is 2.07. The van der Waals surface area contributed by atoms with Gasteiger partial charge in [-0.1, -0.05) is 31.9 Å². The molecule has 0 spiro atoms. The molecule has 0 unspecified atom stereocenters. The Bertz CT molecular complexity index is 484. The van der Waals surface area contributed by atoms with Gasteiger partial charge < -0.3 is 20.5 Å². The molecule has 2 rings (SSSR count). The molecule has 0 radical (unpaired) electrons. The van der Waals surface area contributed by atoms with Crippen LogP contribution in [0.3, 0.4) is 0 Å². The highest BCUT2D eigenvalue weighted by molar-refractivity contribution is 8.76. The lowest BCUT2D eigenvalue weighted by atomic mass is 10.4. The average molecular weight is 302 g/mol. The van der Waals surface area contributed by atoms with Crippen LogP contribution in [0, 0.1) is 13.8 Å². The number of hydrogen-bond acceptors (Lipinski definition) is 10. The van der Waals surface area contributed by atoms with Gasteiger partial charge in [-0.2, -0.15) is 9.97 Å². The predicted octanol–water partition coefficient (Wildman–Crippen LogP) is 1.11. The summed E-state index contributed by atoms with van der Waals surface area (Å²) in [5.41, 5.74) is 11.8. The van der Waals surface area contributed by atoms with Gasteiger partial charge in [0.05, 0.1) is 6.04 Å². The Balaban J connectivity index is 1.77. The predicted molar refractivity (Wildman–Crippen MR) is 72.0 cm³/mol. The van der Waals surface area contributed by atoms with Crippen LogP contribution in [0.5, 0.6) is 0 Å². The van der Waals surface area contributed by atoms with Crippen molar-refractivity contribution in [1.82, 2.24) is 20.3 Å². The van der Waals surface area contributed by atoms with Crippen LogP contribution in [0.15, 0.2) is 9.05 Å². The van der Waals surface area contributed by atoms with Crippen molar-refractivity contribution in [2.75, 3.05) is 5.75 Å². The Hall–Kier alpha value is -1.10. The molecule has 0 aliphatic carbocycles. The van der Waals surface area contributed by atoms with Crippen LogP contribution in [0.4, 0.5) is 0 Å². The van der Waals surface area contributed by atoms with E-state index in [4.69, 9.17) is 20.5 Å². The molecule has 2 heterocycles. The summed E-state index contributed by atoms with van der Waals surface area (Å²) in [5.74, 6) is 2.55. The molecular formula is C9H14N6O2S2. The number of rotatable bonds is 6. The van der Waals surface area contributed by atoms with E-state index in [0.29, 0.717) is 29.2 Å². The van der Waals surface area contributed by atoms with E-state index < -0.39 is 0 Å². The van der Waals surface area contributed by atoms with Crippen LogP contribution in [0.1, 0.15) is 34.8 Å². The standard InChI is InChI=1S/C9H14N6O2S2/c1-4-12-8(16-14-4)6(10)3-18-19-7(11)9-13-5(2)15-17-9/h6-7H,3,10-11H2,1-2H3/t6-,7+/m1/s1. The van der Waals surface area contributed by atoms with Gasteiger partial charge in [0.15, 0.2) is 11.6 Å². The highest BCUT2D eigenvalue weighted by Crippen LogP contribution is 2.35. The fraction of sp³-hybridized carbons (Fsp3) is 0.556. The van der Waals surface area contributed by atoms with E-state index in [1.54, 1.807) is 13.8 Å². The maximum Gasteiger partial charge on any atom is 0.254 e. The van der Waals surface area contributed by atoms with Gasteiger partial charge in [-0.05, 0) is 13.8 Å². The SMILES string of the molecule is Cc1noc([C@H](N)CSS[C@H](N)c2nc(C)no2)n1. The lowest BCUT2D eigenvalue weighted by Crippen LogP contribution is -2.13. The minimum Gasteiger partial charge on any atom is -0.338 e. The third-order valence-corrected chi connectivity index (χ3v) is 4.55. The van der Waals surface area contributed by atoms with Crippen LogP contribution in [0.25, 0.3) is 0 Å². The molecule has 8 nitrogen and oxygen atoms in total. The first-order valence-corrected chi connectivity index (χ1v) is 7.84. The molecule has 19 heavy (non-hydrogen) atoms. The molecule has 0 bridgehead atoms. The van der Waals surface area contributed by atoms with Crippen molar-refractivity contribution in [3.63, 3.8) is 0 Å². The first-order chi connectivity index (χ1) is 9.06. The van der Waals surface area contributed by atoms with E-state index >= 15 is 0 Å². The molecule has 0 saturated heterocycles. The van der Waals surface area contributed by atoms with Crippen LogP contribution in [-0.2, 0) is 0 Å². The van der Waals surface area contributed by atoms with Gasteiger partial charge in [0.25, 0.3) is 5.89 Å². The summed E-state index contributed by atoms with van der Waals surface area (Å²) in [7, 11) is 2.89. The summed E-state index contributed by atoms with van der Waals surface area (Å²) in [5, 5.41) is 6.99. The van der Waals surface area contributed by atoms with E-state index in [1.807, 2.05) is 0 Å². The van der Waals surface area contributed by atoms with Gasteiger partial charge in [-0.25, -0.2) is 0 Å². The summed E-state index contributed by atoms with van der Waals surface area (Å²) < 4.78 is 9.97. The van der Waals surface area contributed by atoms with E-state index in [1.165, 1.54) is 21.6 Å². The number of aryl methyl sites for hydroxylation is 2. The van der Waals surface area contributed by atoms with Crippen molar-refractivity contribution in [2.24, 2.45) is 11.5 Å². The molecule has 2 atom stereocenters. The Kier molecular flexibility index (Phi) is 4.80. The second-order valence-corrected chi connectivity index (χ2v) is 6.32. The van der Waals surface area contributed by atoms with Crippen molar-refractivity contribution in [2.45, 2.75) is 25.3 Å². The van der Waals surface area contributed by atoms with Crippen LogP contribution >= 0.6 is 21.6 Å². The van der Waals surface area contributed by atoms with Gasteiger partial charge >= 0.3 is 0 Å². The van der Waals surface area contributed by atoms with Gasteiger partial charge in [0.1, 0.15) is 5.37 Å². The summed E-state index contributed by atoms with van der Waals surface area (Å²) >= 11 is 0. The second kappa shape index (κ2) is 6.37. The molecule has 0 fully saturated rings. The molecule has 0 aliphatic rings. The fourth-order valence-corrected chi connectivity index (χ4v) is 3.25. The van der Waals surface area contributed by atoms with Crippen molar-refractivity contribution in [1.29, 1.82) is 0 Å². The first-order valence-electron chi connectivity index (χ1n) is 5.46. The van der Waals surface area contributed by atoms with Gasteiger partial charge in [-0.15, -0.1) is 0 Å². The largest absolute Gasteiger partial charge is 0.338 e. The molecule has 0 amide bonds. The highest BCUT2D eigenvalue weighted by Gasteiger charge is 2.17. The number of aromatic nitrogens is 4. The van der Waals surface area contributed by atoms with Crippen molar-refractivity contribution >= 4 is 21.6 Å². The van der Waals surface area contributed by atoms with Crippen LogP contribution < -0.4 is 11.5 Å². The van der Waals surface area contributed by atoms with Gasteiger partial charge in [0, 0.05) is 5.75 Å². The van der Waals surface area contributed by atoms with E-state index in [9.17, 15) is 0 Å². The zero-order valence-corrected chi connectivity index (χ0v) is 12.1. The summed E-state index contributed by atoms with van der Waals surface area (Å²) in [6.45, 7) is 3.49. The molecule has 104 valence electrons. The maximum atomic E-state index is 5.91. The number of nitrogens with zero attached hydrogens (tertiary/aromatic N) is 4. The molecule has 0 aromatic carbocycles. The topological polar surface area (TPSA) is 130 Å². The van der Waals surface area contributed by atoms with Crippen LogP contribution in [-0.4, -0.2) is 26.0 Å². The molecule has 2 aromatic heterocycles. The molecule has 2 aromatic rings. The van der Waals surface area contributed by atoms with Crippen molar-refractivity contribution < 1.29 is 9.05 Å². The lowest BCUT2D eigenvalue weighted by Gasteiger charge is -2.08. The third kappa shape index (κ3) is 3.93. The normalized spacial score (nSPS) is 14.5. The lowest BCUT2D eigenvalue weighted by molar-refractivity contribution is 0.360. The Morgan fingerprint density at radius 2 is 1.63 bits per heavy atom. The Morgan fingerprint density at radius 3 is 2.16 bits per heavy atom. The van der Waals surface area contributed by atoms with Crippen molar-refractivity contribution in [3.8, 4) is 0 Å². The number of nitrogens with two attached hydrogens (primary N) is 2. The first kappa shape index (κ1) is 14.3. The summed E-state index contributed by atoms with van der Waals surface area (Å²) in [4.78, 5) is 8.13. The van der Waals surface area contributed by atoms with E-state index in [0.717, 1.165) is 0 Å². The molecular weight excluding hydrogens is 288 g/mol. The monoisotopic (exact) mass is 302 g/mol. The van der Waals surface area contributed by atoms with Crippen LogP contribution in [0.2, 0.25) is 0 Å². The summed E-state index contributed by atoms with van der Waals surface area (Å²) in [6.07, 6.45) is 0. The van der Waals surface area contributed by atoms with E-state index in [2.05, 4.69) is 20.3 Å². The smallest absolute Gasteiger partial charge is 0.254 e. The minimum absolute atomic E-state index is 0.324. The van der Waals surface area contributed by atoms with Crippen molar-refractivity contribution in [3.05, 3.63) is 23.4 Å². The Labute approximate surface area is 117 Å². The molecule has 10 heteroatoms. The quantitative estimate of drug-likeness (QED) is 0.591. The minimum atomic E-state index is -0.386. The maximum absolute atomic E-state index is 5.91. The molecule has 4 N–H and O–H groups in total. The number of hydrogen-bond donors (Lipinski definition) is 2. The summed E-state index contributed by atoms with van der Waals surface area (Å²) in [6, 6.07) is -0.324. The zero-order valence-electron chi connectivity index (χ0n) is 10.4.